The number of nitrogens with two attached hydrogens (primary N) is 1. The van der Waals surface area contributed by atoms with E-state index in [4.69, 9.17) is 5.73 Å². The maximum atomic E-state index is 12.1. The zero-order valence-corrected chi connectivity index (χ0v) is 13.7. The summed E-state index contributed by atoms with van der Waals surface area (Å²) in [5.41, 5.74) is 5.53. The van der Waals surface area contributed by atoms with E-state index in [-0.39, 0.29) is 23.9 Å². The van der Waals surface area contributed by atoms with E-state index in [9.17, 15) is 4.79 Å². The molecule has 1 amide bonds. The molecular weight excluding hydrogens is 260 g/mol. The van der Waals surface area contributed by atoms with Crippen LogP contribution in [-0.2, 0) is 4.79 Å². The molecule has 0 bridgehead atoms. The van der Waals surface area contributed by atoms with Gasteiger partial charge < -0.3 is 11.1 Å². The summed E-state index contributed by atoms with van der Waals surface area (Å²) in [5, 5.41) is 3.14. The molecule has 0 aromatic rings. The number of amides is 1. The van der Waals surface area contributed by atoms with Gasteiger partial charge in [0.1, 0.15) is 0 Å². The van der Waals surface area contributed by atoms with Crippen molar-refractivity contribution < 1.29 is 4.79 Å². The molecule has 1 saturated carbocycles. The third-order valence-electron chi connectivity index (χ3n) is 4.64. The van der Waals surface area contributed by atoms with E-state index in [1.54, 1.807) is 0 Å². The van der Waals surface area contributed by atoms with E-state index in [0.29, 0.717) is 24.8 Å². The van der Waals surface area contributed by atoms with Crippen molar-refractivity contribution in [2.75, 3.05) is 6.54 Å². The van der Waals surface area contributed by atoms with Gasteiger partial charge in [0.2, 0.25) is 5.91 Å². The van der Waals surface area contributed by atoms with Gasteiger partial charge in [-0.2, -0.15) is 0 Å². The van der Waals surface area contributed by atoms with Gasteiger partial charge in [-0.1, -0.05) is 33.6 Å². The minimum atomic E-state index is -0.267. The van der Waals surface area contributed by atoms with Crippen molar-refractivity contribution in [1.82, 2.24) is 5.32 Å². The Morgan fingerprint density at radius 3 is 2.53 bits per heavy atom. The van der Waals surface area contributed by atoms with Crippen molar-refractivity contribution in [2.24, 2.45) is 23.5 Å². The highest BCUT2D eigenvalue weighted by molar-refractivity contribution is 5.85. The number of halogens is 1. The first-order valence-corrected chi connectivity index (χ1v) is 7.38. The Morgan fingerprint density at radius 1 is 1.42 bits per heavy atom. The monoisotopic (exact) mass is 290 g/mol. The van der Waals surface area contributed by atoms with Crippen molar-refractivity contribution in [2.45, 2.75) is 65.3 Å². The van der Waals surface area contributed by atoms with Gasteiger partial charge in [-0.3, -0.25) is 4.79 Å². The average Bonchev–Trinajstić information content (AvgIpc) is 2.28. The van der Waals surface area contributed by atoms with Crippen LogP contribution in [-0.4, -0.2) is 18.0 Å². The van der Waals surface area contributed by atoms with Gasteiger partial charge in [-0.15, -0.1) is 12.4 Å². The molecule has 1 aliphatic rings. The Morgan fingerprint density at radius 2 is 2.05 bits per heavy atom. The van der Waals surface area contributed by atoms with Crippen LogP contribution in [0.5, 0.6) is 0 Å². The largest absolute Gasteiger partial charge is 0.349 e. The molecule has 3 unspecified atom stereocenters. The maximum Gasteiger partial charge on any atom is 0.220 e. The van der Waals surface area contributed by atoms with Crippen LogP contribution >= 0.6 is 12.4 Å². The van der Waals surface area contributed by atoms with Crippen molar-refractivity contribution in [1.29, 1.82) is 0 Å². The molecule has 3 nitrogen and oxygen atoms in total. The van der Waals surface area contributed by atoms with Gasteiger partial charge in [-0.05, 0) is 37.5 Å². The maximum absolute atomic E-state index is 12.1. The molecule has 0 aromatic heterocycles. The minimum Gasteiger partial charge on any atom is -0.349 e. The molecule has 0 saturated heterocycles. The first-order valence-electron chi connectivity index (χ1n) is 7.38. The summed E-state index contributed by atoms with van der Waals surface area (Å²) in [4.78, 5) is 12.1. The summed E-state index contributed by atoms with van der Waals surface area (Å²) < 4.78 is 0. The molecule has 3 atom stereocenters. The summed E-state index contributed by atoms with van der Waals surface area (Å²) in [5.74, 6) is 1.89. The molecule has 1 aliphatic carbocycles. The van der Waals surface area contributed by atoms with Crippen LogP contribution in [0.15, 0.2) is 0 Å². The van der Waals surface area contributed by atoms with Gasteiger partial charge >= 0.3 is 0 Å². The molecule has 4 heteroatoms. The van der Waals surface area contributed by atoms with E-state index in [2.05, 4.69) is 26.1 Å². The molecule has 3 N–H and O–H groups in total. The Hall–Kier alpha value is -0.280. The third kappa shape index (κ3) is 5.70. The van der Waals surface area contributed by atoms with Crippen LogP contribution in [0, 0.1) is 17.8 Å². The quantitative estimate of drug-likeness (QED) is 0.817. The lowest BCUT2D eigenvalue weighted by Crippen LogP contribution is -2.55. The third-order valence-corrected chi connectivity index (χ3v) is 4.64. The highest BCUT2D eigenvalue weighted by Crippen LogP contribution is 2.30. The summed E-state index contributed by atoms with van der Waals surface area (Å²) in [6.45, 7) is 9.05. The summed E-state index contributed by atoms with van der Waals surface area (Å²) in [7, 11) is 0. The van der Waals surface area contributed by atoms with Crippen LogP contribution in [0.1, 0.15) is 59.8 Å². The lowest BCUT2D eigenvalue weighted by Gasteiger charge is -2.34. The number of carbonyl (C=O) groups is 1. The molecule has 0 aromatic carbocycles. The molecular formula is C15H31ClN2O. The minimum absolute atomic E-state index is 0. The summed E-state index contributed by atoms with van der Waals surface area (Å²) >= 11 is 0. The number of carbonyl (C=O) groups excluding carboxylic acids is 1. The number of nitrogens with one attached hydrogen (secondary N) is 1. The standard InChI is InChI=1S/C15H30N2O.ClH/c1-11(2)15(4,10-16)17-14(18)9-13-7-5-6-12(3)8-13;/h11-13H,5-10,16H2,1-4H3,(H,17,18);1H. The van der Waals surface area contributed by atoms with Crippen molar-refractivity contribution in [3.8, 4) is 0 Å². The topological polar surface area (TPSA) is 55.1 Å². The number of hydrogen-bond donors (Lipinski definition) is 2. The van der Waals surface area contributed by atoms with E-state index >= 15 is 0 Å². The molecule has 1 rings (SSSR count). The Balaban J connectivity index is 0.00000324. The first-order chi connectivity index (χ1) is 8.37. The second-order valence-electron chi connectivity index (χ2n) is 6.67. The Bertz CT molecular complexity index is 283. The molecule has 0 heterocycles. The van der Waals surface area contributed by atoms with Gasteiger partial charge in [0.15, 0.2) is 0 Å². The summed E-state index contributed by atoms with van der Waals surface area (Å²) in [6.07, 6.45) is 5.68. The van der Waals surface area contributed by atoms with Crippen molar-refractivity contribution in [3.63, 3.8) is 0 Å². The molecule has 0 spiro atoms. The van der Waals surface area contributed by atoms with Crippen LogP contribution < -0.4 is 11.1 Å². The molecule has 0 radical (unpaired) electrons. The first kappa shape index (κ1) is 18.7. The van der Waals surface area contributed by atoms with E-state index in [1.807, 2.05) is 6.92 Å². The van der Waals surface area contributed by atoms with E-state index in [1.165, 1.54) is 25.7 Å². The fourth-order valence-corrected chi connectivity index (χ4v) is 2.81. The fraction of sp³-hybridized carbons (Fsp3) is 0.933. The van der Waals surface area contributed by atoms with E-state index in [0.717, 1.165) is 5.92 Å². The van der Waals surface area contributed by atoms with Gasteiger partial charge in [0.05, 0.1) is 5.54 Å². The van der Waals surface area contributed by atoms with Crippen LogP contribution in [0.3, 0.4) is 0 Å². The number of hydrogen-bond acceptors (Lipinski definition) is 2. The SMILES string of the molecule is CC1CCCC(CC(=O)NC(C)(CN)C(C)C)C1.Cl. The van der Waals surface area contributed by atoms with Gasteiger partial charge in [0.25, 0.3) is 0 Å². The smallest absolute Gasteiger partial charge is 0.220 e. The molecule has 114 valence electrons. The predicted molar refractivity (Wildman–Crippen MR) is 83.4 cm³/mol. The second kappa shape index (κ2) is 8.11. The average molecular weight is 291 g/mol. The highest BCUT2D eigenvalue weighted by Gasteiger charge is 2.30. The molecule has 0 aliphatic heterocycles. The zero-order valence-electron chi connectivity index (χ0n) is 12.9. The van der Waals surface area contributed by atoms with Crippen LogP contribution in [0.4, 0.5) is 0 Å². The predicted octanol–water partition coefficient (Wildman–Crippen LogP) is 3.11. The highest BCUT2D eigenvalue weighted by atomic mass is 35.5. The van der Waals surface area contributed by atoms with Crippen LogP contribution in [0.2, 0.25) is 0 Å². The van der Waals surface area contributed by atoms with Crippen molar-refractivity contribution in [3.05, 3.63) is 0 Å². The number of rotatable bonds is 5. The lowest BCUT2D eigenvalue weighted by atomic mass is 9.80. The Kier molecular flexibility index (Phi) is 7.99. The normalized spacial score (nSPS) is 26.4. The zero-order chi connectivity index (χ0) is 13.8. The van der Waals surface area contributed by atoms with E-state index < -0.39 is 0 Å². The van der Waals surface area contributed by atoms with Crippen molar-refractivity contribution >= 4 is 18.3 Å². The van der Waals surface area contributed by atoms with Gasteiger partial charge in [-0.25, -0.2) is 0 Å². The molecule has 1 fully saturated rings. The molecule has 19 heavy (non-hydrogen) atoms. The van der Waals surface area contributed by atoms with Gasteiger partial charge in [0, 0.05) is 13.0 Å². The lowest BCUT2D eigenvalue weighted by molar-refractivity contribution is -0.124. The Labute approximate surface area is 124 Å². The fourth-order valence-electron chi connectivity index (χ4n) is 2.81. The second-order valence-corrected chi connectivity index (χ2v) is 6.67. The van der Waals surface area contributed by atoms with Crippen LogP contribution in [0.25, 0.3) is 0 Å². The summed E-state index contributed by atoms with van der Waals surface area (Å²) in [6, 6.07) is 0.